The van der Waals surface area contributed by atoms with Gasteiger partial charge in [-0.25, -0.2) is 22.4 Å². The number of rotatable bonds is 6. The van der Waals surface area contributed by atoms with E-state index in [1.165, 1.54) is 30.5 Å². The first-order chi connectivity index (χ1) is 13.8. The van der Waals surface area contributed by atoms with E-state index in [1.807, 2.05) is 0 Å². The number of ether oxygens (including phenoxy) is 1. The summed E-state index contributed by atoms with van der Waals surface area (Å²) in [5, 5.41) is 10.3. The molecule has 156 valence electrons. The summed E-state index contributed by atoms with van der Waals surface area (Å²) >= 11 is 0. The second-order valence-corrected chi connectivity index (χ2v) is 6.75. The highest BCUT2D eigenvalue weighted by Crippen LogP contribution is 2.33. The van der Waals surface area contributed by atoms with E-state index < -0.39 is 30.9 Å². The number of hydrogen-bond acceptors (Lipinski definition) is 5. The lowest BCUT2D eigenvalue weighted by atomic mass is 9.93. The van der Waals surface area contributed by atoms with Crippen LogP contribution in [0.3, 0.4) is 0 Å². The van der Waals surface area contributed by atoms with Crippen LogP contribution in [0.5, 0.6) is 0 Å². The Morgan fingerprint density at radius 3 is 2.66 bits per heavy atom. The molecule has 1 fully saturated rings. The molecule has 6 nitrogen and oxygen atoms in total. The van der Waals surface area contributed by atoms with Gasteiger partial charge in [0.2, 0.25) is 0 Å². The number of benzene rings is 1. The molecule has 1 aliphatic rings. The molecule has 29 heavy (non-hydrogen) atoms. The predicted octanol–water partition coefficient (Wildman–Crippen LogP) is 4.12. The van der Waals surface area contributed by atoms with Crippen molar-refractivity contribution in [3.05, 3.63) is 53.7 Å². The highest BCUT2D eigenvalue weighted by molar-refractivity contribution is 5.68. The Kier molecular flexibility index (Phi) is 6.50. The Balaban J connectivity index is 1.49. The van der Waals surface area contributed by atoms with Crippen molar-refractivity contribution in [2.45, 2.75) is 25.4 Å². The van der Waals surface area contributed by atoms with Crippen molar-refractivity contribution in [1.82, 2.24) is 15.1 Å². The van der Waals surface area contributed by atoms with Crippen LogP contribution >= 0.6 is 0 Å². The fraction of sp³-hybridized carbons (Fsp3) is 0.421. The van der Waals surface area contributed by atoms with E-state index in [-0.39, 0.29) is 31.7 Å². The molecule has 0 aliphatic carbocycles. The van der Waals surface area contributed by atoms with Crippen molar-refractivity contribution >= 4 is 11.9 Å². The minimum absolute atomic E-state index is 0.00503. The summed E-state index contributed by atoms with van der Waals surface area (Å²) in [4.78, 5) is 13.1. The van der Waals surface area contributed by atoms with Crippen molar-refractivity contribution in [2.75, 3.05) is 25.0 Å². The topological polar surface area (TPSA) is 67.3 Å². The third-order valence-corrected chi connectivity index (χ3v) is 4.70. The zero-order valence-electron chi connectivity index (χ0n) is 15.4. The SMILES string of the molecule is O=C(OCc1ccc(C(F)F)cc1)N1CCC(CNc2cccnn2)C(F)(F)C1. The summed E-state index contributed by atoms with van der Waals surface area (Å²) in [7, 11) is 0. The maximum atomic E-state index is 14.5. The Bertz CT molecular complexity index is 806. The Labute approximate surface area is 164 Å². The Morgan fingerprint density at radius 2 is 2.03 bits per heavy atom. The number of halogens is 4. The van der Waals surface area contributed by atoms with Crippen LogP contribution in [0, 0.1) is 5.92 Å². The average molecular weight is 412 g/mol. The van der Waals surface area contributed by atoms with Crippen LogP contribution in [0.1, 0.15) is 24.0 Å². The minimum atomic E-state index is -3.09. The van der Waals surface area contributed by atoms with Crippen LogP contribution in [-0.4, -0.2) is 46.7 Å². The van der Waals surface area contributed by atoms with Crippen molar-refractivity contribution in [3.8, 4) is 0 Å². The van der Waals surface area contributed by atoms with Crippen LogP contribution in [0.25, 0.3) is 0 Å². The number of aromatic nitrogens is 2. The van der Waals surface area contributed by atoms with Gasteiger partial charge in [0.15, 0.2) is 0 Å². The van der Waals surface area contributed by atoms with Gasteiger partial charge in [0.05, 0.1) is 6.54 Å². The van der Waals surface area contributed by atoms with E-state index in [2.05, 4.69) is 15.5 Å². The van der Waals surface area contributed by atoms with E-state index in [0.29, 0.717) is 11.4 Å². The Morgan fingerprint density at radius 1 is 1.28 bits per heavy atom. The molecule has 1 N–H and O–H groups in total. The van der Waals surface area contributed by atoms with Gasteiger partial charge in [-0.05, 0) is 24.1 Å². The molecule has 2 heterocycles. The summed E-state index contributed by atoms with van der Waals surface area (Å²) in [6.07, 6.45) is -1.86. The molecule has 1 amide bonds. The van der Waals surface area contributed by atoms with Gasteiger partial charge in [-0.3, -0.25) is 0 Å². The number of anilines is 1. The highest BCUT2D eigenvalue weighted by Gasteiger charge is 2.46. The second kappa shape index (κ2) is 9.06. The summed E-state index contributed by atoms with van der Waals surface area (Å²) in [6, 6.07) is 8.56. The van der Waals surface area contributed by atoms with E-state index in [4.69, 9.17) is 4.74 Å². The van der Waals surface area contributed by atoms with Crippen LogP contribution in [0.4, 0.5) is 28.2 Å². The maximum absolute atomic E-state index is 14.5. The number of carbonyl (C=O) groups excluding carboxylic acids is 1. The number of amides is 1. The molecule has 0 bridgehead atoms. The van der Waals surface area contributed by atoms with Gasteiger partial charge < -0.3 is 15.0 Å². The lowest BCUT2D eigenvalue weighted by Gasteiger charge is -2.37. The first kappa shape index (κ1) is 20.8. The van der Waals surface area contributed by atoms with Crippen molar-refractivity contribution in [3.63, 3.8) is 0 Å². The number of nitrogens with zero attached hydrogens (tertiary/aromatic N) is 3. The number of carbonyl (C=O) groups is 1. The van der Waals surface area contributed by atoms with E-state index >= 15 is 0 Å². The van der Waals surface area contributed by atoms with Gasteiger partial charge in [-0.1, -0.05) is 24.3 Å². The van der Waals surface area contributed by atoms with Crippen molar-refractivity contribution in [1.29, 1.82) is 0 Å². The molecule has 1 atom stereocenters. The number of piperidine rings is 1. The molecule has 3 rings (SSSR count). The normalized spacial score (nSPS) is 18.5. The van der Waals surface area contributed by atoms with Gasteiger partial charge >= 0.3 is 6.09 Å². The summed E-state index contributed by atoms with van der Waals surface area (Å²) in [5.74, 6) is -3.65. The van der Waals surface area contributed by atoms with Gasteiger partial charge in [-0.15, -0.1) is 5.10 Å². The summed E-state index contributed by atoms with van der Waals surface area (Å²) < 4.78 is 59.1. The average Bonchev–Trinajstić information content (AvgIpc) is 2.71. The number of alkyl halides is 4. The molecular formula is C19H20F4N4O2. The maximum Gasteiger partial charge on any atom is 0.410 e. The zero-order chi connectivity index (χ0) is 20.9. The van der Waals surface area contributed by atoms with Crippen LogP contribution in [0.15, 0.2) is 42.6 Å². The molecule has 1 saturated heterocycles. The molecule has 1 aromatic carbocycles. The first-order valence-corrected chi connectivity index (χ1v) is 9.03. The van der Waals surface area contributed by atoms with Gasteiger partial charge in [0.25, 0.3) is 12.3 Å². The summed E-state index contributed by atoms with van der Waals surface area (Å²) in [5.41, 5.74) is 0.356. The molecule has 1 unspecified atom stereocenters. The van der Waals surface area contributed by atoms with E-state index in [9.17, 15) is 22.4 Å². The minimum Gasteiger partial charge on any atom is -0.445 e. The van der Waals surface area contributed by atoms with Gasteiger partial charge in [0.1, 0.15) is 12.4 Å². The standard InChI is InChI=1S/C19H20F4N4O2/c20-17(21)14-5-3-13(4-6-14)11-29-18(28)27-9-7-15(19(22,23)12-27)10-24-16-2-1-8-25-26-16/h1-6,8,15,17H,7,9-12H2,(H,24,26). The summed E-state index contributed by atoms with van der Waals surface area (Å²) in [6.45, 7) is -0.790. The third kappa shape index (κ3) is 5.55. The lowest BCUT2D eigenvalue weighted by molar-refractivity contribution is -0.101. The fourth-order valence-electron chi connectivity index (χ4n) is 3.01. The lowest BCUT2D eigenvalue weighted by Crippen LogP contribution is -2.52. The van der Waals surface area contributed by atoms with Crippen molar-refractivity contribution in [2.24, 2.45) is 5.92 Å². The molecule has 1 aromatic heterocycles. The molecule has 0 radical (unpaired) electrons. The first-order valence-electron chi connectivity index (χ1n) is 9.03. The van der Waals surface area contributed by atoms with Gasteiger partial charge in [0, 0.05) is 30.8 Å². The molecule has 10 heteroatoms. The largest absolute Gasteiger partial charge is 0.445 e. The van der Waals surface area contributed by atoms with Crippen LogP contribution < -0.4 is 5.32 Å². The molecule has 0 spiro atoms. The number of hydrogen-bond donors (Lipinski definition) is 1. The second-order valence-electron chi connectivity index (χ2n) is 6.75. The highest BCUT2D eigenvalue weighted by atomic mass is 19.3. The molecule has 1 aliphatic heterocycles. The van der Waals surface area contributed by atoms with Crippen molar-refractivity contribution < 1.29 is 27.1 Å². The smallest absolute Gasteiger partial charge is 0.410 e. The number of nitrogens with one attached hydrogen (secondary N) is 1. The van der Waals surface area contributed by atoms with Crippen LogP contribution in [0.2, 0.25) is 0 Å². The monoisotopic (exact) mass is 412 g/mol. The predicted molar refractivity (Wildman–Crippen MR) is 96.7 cm³/mol. The zero-order valence-corrected chi connectivity index (χ0v) is 15.4. The fourth-order valence-corrected chi connectivity index (χ4v) is 3.01. The van der Waals surface area contributed by atoms with E-state index in [0.717, 1.165) is 4.90 Å². The third-order valence-electron chi connectivity index (χ3n) is 4.70. The number of likely N-dealkylation sites (tertiary alicyclic amines) is 1. The molecule has 0 saturated carbocycles. The van der Waals surface area contributed by atoms with Gasteiger partial charge in [-0.2, -0.15) is 5.10 Å². The molecular weight excluding hydrogens is 392 g/mol. The van der Waals surface area contributed by atoms with Crippen LogP contribution in [-0.2, 0) is 11.3 Å². The molecule has 2 aromatic rings. The Hall–Kier alpha value is -2.91. The van der Waals surface area contributed by atoms with E-state index in [1.54, 1.807) is 12.1 Å². The quantitative estimate of drug-likeness (QED) is 0.723.